The van der Waals surface area contributed by atoms with Crippen LogP contribution in [0.4, 0.5) is 5.69 Å². The average molecular weight is 337 g/mol. The number of hydrogen-bond acceptors (Lipinski definition) is 4. The molecule has 1 unspecified atom stereocenters. The average Bonchev–Trinajstić information content (AvgIpc) is 2.91. The summed E-state index contributed by atoms with van der Waals surface area (Å²) in [5, 5.41) is 5.67. The third kappa shape index (κ3) is 4.46. The maximum absolute atomic E-state index is 5.94. The number of nitrogens with two attached hydrogens (primary N) is 1. The van der Waals surface area contributed by atoms with Crippen LogP contribution in [0.3, 0.4) is 0 Å². The molecule has 112 valence electrons. The molecule has 0 bridgehead atoms. The molecule has 2 aromatic rings. The number of anilines is 1. The van der Waals surface area contributed by atoms with Crippen LogP contribution in [-0.2, 0) is 6.42 Å². The second-order valence-corrected chi connectivity index (χ2v) is 7.58. The van der Waals surface area contributed by atoms with Gasteiger partial charge in [-0.25, -0.2) is 0 Å². The summed E-state index contributed by atoms with van der Waals surface area (Å²) < 4.78 is 0. The highest BCUT2D eigenvalue weighted by Crippen LogP contribution is 2.29. The SMILES string of the molecule is CCSc1cccc(NC(C)Cc2cccs2)c1C(N)=S. The predicted molar refractivity (Wildman–Crippen MR) is 99.8 cm³/mol. The van der Waals surface area contributed by atoms with Gasteiger partial charge in [0.25, 0.3) is 0 Å². The van der Waals surface area contributed by atoms with Crippen molar-refractivity contribution in [3.05, 3.63) is 46.2 Å². The van der Waals surface area contributed by atoms with E-state index in [-0.39, 0.29) is 0 Å². The first-order valence-electron chi connectivity index (χ1n) is 6.96. The lowest BCUT2D eigenvalue weighted by atomic mass is 10.1. The summed E-state index contributed by atoms with van der Waals surface area (Å²) in [6.07, 6.45) is 1.000. The van der Waals surface area contributed by atoms with Crippen molar-refractivity contribution in [2.75, 3.05) is 11.1 Å². The van der Waals surface area contributed by atoms with Gasteiger partial charge in [-0.05, 0) is 36.3 Å². The quantitative estimate of drug-likeness (QED) is 0.575. The Morgan fingerprint density at radius 2 is 2.19 bits per heavy atom. The Hall–Kier alpha value is -1.04. The van der Waals surface area contributed by atoms with Crippen LogP contribution in [0, 0.1) is 0 Å². The Morgan fingerprint density at radius 1 is 1.38 bits per heavy atom. The normalized spacial score (nSPS) is 12.1. The fraction of sp³-hybridized carbons (Fsp3) is 0.312. The van der Waals surface area contributed by atoms with Crippen LogP contribution >= 0.6 is 35.3 Å². The zero-order valence-corrected chi connectivity index (χ0v) is 14.7. The molecule has 2 nitrogen and oxygen atoms in total. The van der Waals surface area contributed by atoms with E-state index >= 15 is 0 Å². The van der Waals surface area contributed by atoms with E-state index in [2.05, 4.69) is 54.9 Å². The molecule has 1 atom stereocenters. The van der Waals surface area contributed by atoms with Crippen molar-refractivity contribution >= 4 is 46.0 Å². The van der Waals surface area contributed by atoms with Gasteiger partial charge in [0.1, 0.15) is 4.99 Å². The Bertz CT molecular complexity index is 594. The van der Waals surface area contributed by atoms with Crippen molar-refractivity contribution in [2.45, 2.75) is 31.2 Å². The Morgan fingerprint density at radius 3 is 2.81 bits per heavy atom. The molecule has 0 amide bonds. The molecular weight excluding hydrogens is 316 g/mol. The van der Waals surface area contributed by atoms with Gasteiger partial charge in [0.15, 0.2) is 0 Å². The summed E-state index contributed by atoms with van der Waals surface area (Å²) in [6, 6.07) is 10.8. The first kappa shape index (κ1) is 16.3. The third-order valence-electron chi connectivity index (χ3n) is 3.06. The molecule has 0 aliphatic heterocycles. The number of thiocarbonyl (C=S) groups is 1. The third-order valence-corrected chi connectivity index (χ3v) is 5.10. The number of thiophene rings is 1. The molecule has 1 heterocycles. The van der Waals surface area contributed by atoms with Crippen LogP contribution in [0.1, 0.15) is 24.3 Å². The summed E-state index contributed by atoms with van der Waals surface area (Å²) in [7, 11) is 0. The summed E-state index contributed by atoms with van der Waals surface area (Å²) in [6.45, 7) is 4.32. The molecule has 0 radical (unpaired) electrons. The summed E-state index contributed by atoms with van der Waals surface area (Å²) >= 11 is 8.81. The molecule has 0 fully saturated rings. The van der Waals surface area contributed by atoms with Gasteiger partial charge in [0.2, 0.25) is 0 Å². The van der Waals surface area contributed by atoms with Crippen molar-refractivity contribution in [3.8, 4) is 0 Å². The van der Waals surface area contributed by atoms with Gasteiger partial charge in [-0.2, -0.15) is 0 Å². The molecule has 2 rings (SSSR count). The van der Waals surface area contributed by atoms with Gasteiger partial charge in [-0.1, -0.05) is 31.3 Å². The molecule has 5 heteroatoms. The van der Waals surface area contributed by atoms with Gasteiger partial charge in [0, 0.05) is 33.5 Å². The molecule has 1 aromatic carbocycles. The lowest BCUT2D eigenvalue weighted by molar-refractivity contribution is 0.800. The van der Waals surface area contributed by atoms with Crippen molar-refractivity contribution in [1.82, 2.24) is 0 Å². The number of benzene rings is 1. The molecule has 1 aromatic heterocycles. The van der Waals surface area contributed by atoms with Crippen LogP contribution < -0.4 is 11.1 Å². The molecule has 0 aliphatic rings. The maximum Gasteiger partial charge on any atom is 0.107 e. The van der Waals surface area contributed by atoms with Gasteiger partial charge >= 0.3 is 0 Å². The molecule has 0 aliphatic carbocycles. The fourth-order valence-electron chi connectivity index (χ4n) is 2.23. The minimum atomic E-state index is 0.332. The van der Waals surface area contributed by atoms with Crippen molar-refractivity contribution < 1.29 is 0 Å². The minimum absolute atomic E-state index is 0.332. The number of rotatable bonds is 7. The van der Waals surface area contributed by atoms with Crippen LogP contribution in [-0.4, -0.2) is 16.8 Å². The van der Waals surface area contributed by atoms with Crippen molar-refractivity contribution in [2.24, 2.45) is 5.73 Å². The van der Waals surface area contributed by atoms with E-state index in [1.807, 2.05) is 0 Å². The van der Waals surface area contributed by atoms with Crippen LogP contribution in [0.5, 0.6) is 0 Å². The number of hydrogen-bond donors (Lipinski definition) is 2. The number of thioether (sulfide) groups is 1. The first-order valence-corrected chi connectivity index (χ1v) is 9.23. The van der Waals surface area contributed by atoms with Gasteiger partial charge < -0.3 is 11.1 Å². The first-order chi connectivity index (χ1) is 10.1. The smallest absolute Gasteiger partial charge is 0.107 e. The molecule has 0 spiro atoms. The van der Waals surface area contributed by atoms with E-state index in [9.17, 15) is 0 Å². The number of nitrogens with one attached hydrogen (secondary N) is 1. The van der Waals surface area contributed by atoms with E-state index in [0.29, 0.717) is 11.0 Å². The predicted octanol–water partition coefficient (Wildman–Crippen LogP) is 4.54. The van der Waals surface area contributed by atoms with E-state index in [0.717, 1.165) is 28.3 Å². The Kier molecular flexibility index (Phi) is 6.08. The monoisotopic (exact) mass is 336 g/mol. The topological polar surface area (TPSA) is 38.0 Å². The second-order valence-electron chi connectivity index (χ2n) is 4.80. The van der Waals surface area contributed by atoms with Crippen molar-refractivity contribution in [3.63, 3.8) is 0 Å². The summed E-state index contributed by atoms with van der Waals surface area (Å²) in [5.74, 6) is 1.00. The molecule has 0 saturated heterocycles. The van der Waals surface area contributed by atoms with Crippen LogP contribution in [0.15, 0.2) is 40.6 Å². The van der Waals surface area contributed by atoms with Gasteiger partial charge in [-0.3, -0.25) is 0 Å². The standard InChI is InChI=1S/C16H20N2S3/c1-3-20-14-8-4-7-13(15(14)16(17)19)18-11(2)10-12-6-5-9-21-12/h4-9,11,18H,3,10H2,1-2H3,(H2,17,19). The van der Waals surface area contributed by atoms with Gasteiger partial charge in [0.05, 0.1) is 0 Å². The van der Waals surface area contributed by atoms with E-state index in [4.69, 9.17) is 18.0 Å². The summed E-state index contributed by atoms with van der Waals surface area (Å²) in [4.78, 5) is 2.99. The minimum Gasteiger partial charge on any atom is -0.389 e. The largest absolute Gasteiger partial charge is 0.389 e. The molecule has 0 saturated carbocycles. The zero-order chi connectivity index (χ0) is 15.2. The molecule has 21 heavy (non-hydrogen) atoms. The maximum atomic E-state index is 5.94. The van der Waals surface area contributed by atoms with Crippen molar-refractivity contribution in [1.29, 1.82) is 0 Å². The van der Waals surface area contributed by atoms with E-state index in [1.54, 1.807) is 23.1 Å². The van der Waals surface area contributed by atoms with Crippen LogP contribution in [0.25, 0.3) is 0 Å². The van der Waals surface area contributed by atoms with Crippen LogP contribution in [0.2, 0.25) is 0 Å². The highest BCUT2D eigenvalue weighted by molar-refractivity contribution is 7.99. The Balaban J connectivity index is 2.18. The second kappa shape index (κ2) is 7.82. The fourth-order valence-corrected chi connectivity index (χ4v) is 4.20. The van der Waals surface area contributed by atoms with E-state index < -0.39 is 0 Å². The summed E-state index contributed by atoms with van der Waals surface area (Å²) in [5.41, 5.74) is 7.94. The highest BCUT2D eigenvalue weighted by Gasteiger charge is 2.13. The lowest BCUT2D eigenvalue weighted by Gasteiger charge is -2.19. The lowest BCUT2D eigenvalue weighted by Crippen LogP contribution is -2.21. The highest BCUT2D eigenvalue weighted by atomic mass is 32.2. The molecular formula is C16H20N2S3. The Labute approximate surface area is 140 Å². The molecule has 3 N–H and O–H groups in total. The zero-order valence-electron chi connectivity index (χ0n) is 12.3. The van der Waals surface area contributed by atoms with E-state index in [1.165, 1.54) is 4.88 Å². The van der Waals surface area contributed by atoms with Gasteiger partial charge in [-0.15, -0.1) is 23.1 Å².